The van der Waals surface area contributed by atoms with Crippen LogP contribution in [0.2, 0.25) is 0 Å². The van der Waals surface area contributed by atoms with Crippen molar-refractivity contribution in [2.24, 2.45) is 57.4 Å². The molecule has 4 aliphatic rings. The van der Waals surface area contributed by atoms with E-state index in [1.165, 1.54) is 32.1 Å². The van der Waals surface area contributed by atoms with E-state index in [2.05, 4.69) is 58.9 Å². The van der Waals surface area contributed by atoms with Crippen molar-refractivity contribution >= 4 is 11.5 Å². The highest BCUT2D eigenvalue weighted by atomic mass is 16.4. The first-order valence-corrected chi connectivity index (χ1v) is 13.3. The molecule has 0 aromatic carbocycles. The van der Waals surface area contributed by atoms with E-state index in [1.807, 2.05) is 6.08 Å². The lowest BCUT2D eigenvalue weighted by Crippen LogP contribution is -2.53. The number of rotatable bonds is 5. The van der Waals surface area contributed by atoms with E-state index in [4.69, 9.17) is 0 Å². The number of allylic oxidation sites excluding steroid dienone is 3. The van der Waals surface area contributed by atoms with E-state index in [-0.39, 0.29) is 11.2 Å². The highest BCUT2D eigenvalue weighted by Gasteiger charge is 2.60. The third kappa shape index (κ3) is 3.72. The van der Waals surface area contributed by atoms with Gasteiger partial charge >= 0.3 is 0 Å². The molecule has 4 aliphatic carbocycles. The highest BCUT2D eigenvalue weighted by Crippen LogP contribution is 2.67. The van der Waals surface area contributed by atoms with Crippen molar-refractivity contribution in [2.75, 3.05) is 0 Å². The number of nitrogens with zero attached hydrogens (tertiary/aromatic N) is 1. The maximum absolute atomic E-state index is 12.2. The summed E-state index contributed by atoms with van der Waals surface area (Å²) in [6.45, 7) is 14.4. The summed E-state index contributed by atoms with van der Waals surface area (Å²) in [5.74, 6) is 4.82. The molecule has 1 N–H and O–H groups in total. The Hall–Kier alpha value is -1.38. The Balaban J connectivity index is 1.59. The Morgan fingerprint density at radius 2 is 1.88 bits per heavy atom. The second-order valence-corrected chi connectivity index (χ2v) is 12.4. The zero-order chi connectivity index (χ0) is 23.3. The molecule has 3 saturated carbocycles. The first-order valence-electron chi connectivity index (χ1n) is 13.3. The predicted molar refractivity (Wildman–Crippen MR) is 132 cm³/mol. The van der Waals surface area contributed by atoms with E-state index >= 15 is 0 Å². The highest BCUT2D eigenvalue weighted by molar-refractivity contribution is 6.08. The first kappa shape index (κ1) is 23.8. The molecular formula is C29H45NO2. The summed E-state index contributed by atoms with van der Waals surface area (Å²) in [6, 6.07) is 0. The largest absolute Gasteiger partial charge is 0.411 e. The number of carbonyl (C=O) groups is 1. The second kappa shape index (κ2) is 8.76. The van der Waals surface area contributed by atoms with E-state index in [0.717, 1.165) is 30.0 Å². The van der Waals surface area contributed by atoms with Gasteiger partial charge in [0.1, 0.15) is 0 Å². The fraction of sp³-hybridized carbons (Fsp3) is 0.793. The molecular weight excluding hydrogens is 394 g/mol. The Labute approximate surface area is 195 Å². The average Bonchev–Trinajstić information content (AvgIpc) is 3.11. The van der Waals surface area contributed by atoms with Gasteiger partial charge in [-0.25, -0.2) is 0 Å². The van der Waals surface area contributed by atoms with Gasteiger partial charge in [-0.3, -0.25) is 4.79 Å². The Bertz CT molecular complexity index is 823. The molecule has 0 bridgehead atoms. The van der Waals surface area contributed by atoms with E-state index in [9.17, 15) is 10.0 Å². The van der Waals surface area contributed by atoms with E-state index in [1.54, 1.807) is 0 Å². The summed E-state index contributed by atoms with van der Waals surface area (Å²) in [5.41, 5.74) is 2.21. The topological polar surface area (TPSA) is 49.7 Å². The van der Waals surface area contributed by atoms with Crippen molar-refractivity contribution in [1.82, 2.24) is 0 Å². The van der Waals surface area contributed by atoms with Crippen LogP contribution in [0.25, 0.3) is 0 Å². The Morgan fingerprint density at radius 3 is 2.53 bits per heavy atom. The Morgan fingerprint density at radius 1 is 1.12 bits per heavy atom. The second-order valence-electron chi connectivity index (χ2n) is 12.4. The van der Waals surface area contributed by atoms with Crippen molar-refractivity contribution in [3.8, 4) is 0 Å². The van der Waals surface area contributed by atoms with Gasteiger partial charge in [-0.15, -0.1) is 0 Å². The zero-order valence-corrected chi connectivity index (χ0v) is 21.2. The summed E-state index contributed by atoms with van der Waals surface area (Å²) in [7, 11) is 0. The van der Waals surface area contributed by atoms with Crippen molar-refractivity contribution in [3.05, 3.63) is 23.8 Å². The van der Waals surface area contributed by atoms with Crippen LogP contribution in [0.5, 0.6) is 0 Å². The van der Waals surface area contributed by atoms with Crippen LogP contribution in [-0.4, -0.2) is 16.7 Å². The fourth-order valence-corrected chi connectivity index (χ4v) is 8.69. The molecule has 3 nitrogen and oxygen atoms in total. The van der Waals surface area contributed by atoms with Crippen molar-refractivity contribution in [2.45, 2.75) is 92.9 Å². The normalized spacial score (nSPS) is 42.5. The Kier molecular flexibility index (Phi) is 6.51. The molecule has 0 aromatic heterocycles. The van der Waals surface area contributed by atoms with Crippen LogP contribution in [0.4, 0.5) is 0 Å². The van der Waals surface area contributed by atoms with Gasteiger partial charge in [0, 0.05) is 6.42 Å². The van der Waals surface area contributed by atoms with Gasteiger partial charge < -0.3 is 5.21 Å². The minimum atomic E-state index is -0.00502. The average molecular weight is 440 g/mol. The molecule has 8 atom stereocenters. The van der Waals surface area contributed by atoms with E-state index in [0.29, 0.717) is 47.3 Å². The number of hydrogen-bond acceptors (Lipinski definition) is 3. The van der Waals surface area contributed by atoms with Crippen LogP contribution in [0.3, 0.4) is 0 Å². The van der Waals surface area contributed by atoms with Gasteiger partial charge in [0.25, 0.3) is 0 Å². The predicted octanol–water partition coefficient (Wildman–Crippen LogP) is 7.45. The third-order valence-electron chi connectivity index (χ3n) is 10.6. The summed E-state index contributed by atoms with van der Waals surface area (Å²) in [5, 5.41) is 13.6. The molecule has 4 rings (SSSR count). The van der Waals surface area contributed by atoms with Crippen LogP contribution in [0.1, 0.15) is 92.9 Å². The molecule has 0 radical (unpaired) electrons. The minimum Gasteiger partial charge on any atom is -0.411 e. The lowest BCUT2D eigenvalue weighted by atomic mass is 9.46. The number of hydrogen-bond donors (Lipinski definition) is 1. The first-order chi connectivity index (χ1) is 15.2. The lowest BCUT2D eigenvalue weighted by Gasteiger charge is -2.58. The number of fused-ring (bicyclic) bond motifs is 5. The summed E-state index contributed by atoms with van der Waals surface area (Å²) in [6.07, 6.45) is 15.6. The van der Waals surface area contributed by atoms with Gasteiger partial charge in [0.05, 0.1) is 5.71 Å². The summed E-state index contributed by atoms with van der Waals surface area (Å²) in [4.78, 5) is 12.2. The SMILES string of the molecule is CC[C@H](C=C[C@@H](C)[C@H]1CC[C@H]2[C@@H]3C/C(=N/O)C4=CC(=O)CC[C@]4(C)[C@H]3CC[C@]12C)C(C)C. The zero-order valence-electron chi connectivity index (χ0n) is 21.2. The molecule has 0 amide bonds. The monoisotopic (exact) mass is 439 g/mol. The van der Waals surface area contributed by atoms with Crippen LogP contribution in [-0.2, 0) is 4.79 Å². The quantitative estimate of drug-likeness (QED) is 0.275. The van der Waals surface area contributed by atoms with Gasteiger partial charge in [0.2, 0.25) is 0 Å². The van der Waals surface area contributed by atoms with Crippen molar-refractivity contribution in [3.63, 3.8) is 0 Å². The molecule has 0 unspecified atom stereocenters. The smallest absolute Gasteiger partial charge is 0.156 e. The van der Waals surface area contributed by atoms with Crippen LogP contribution in [0.15, 0.2) is 29.0 Å². The maximum Gasteiger partial charge on any atom is 0.156 e. The molecule has 0 heterocycles. The van der Waals surface area contributed by atoms with Gasteiger partial charge in [-0.2, -0.15) is 0 Å². The molecule has 3 fully saturated rings. The molecule has 3 heteroatoms. The van der Waals surface area contributed by atoms with Gasteiger partial charge in [-0.1, -0.05) is 58.9 Å². The molecule has 178 valence electrons. The summed E-state index contributed by atoms with van der Waals surface area (Å²) >= 11 is 0. The van der Waals surface area contributed by atoms with Gasteiger partial charge in [0.15, 0.2) is 5.78 Å². The van der Waals surface area contributed by atoms with Crippen molar-refractivity contribution in [1.29, 1.82) is 0 Å². The third-order valence-corrected chi connectivity index (χ3v) is 10.6. The van der Waals surface area contributed by atoms with E-state index < -0.39 is 0 Å². The van der Waals surface area contributed by atoms with Crippen LogP contribution >= 0.6 is 0 Å². The maximum atomic E-state index is 12.2. The van der Waals surface area contributed by atoms with Gasteiger partial charge in [-0.05, 0) is 109 Å². The molecule has 0 aromatic rings. The molecule has 0 spiro atoms. The molecule has 0 saturated heterocycles. The fourth-order valence-electron chi connectivity index (χ4n) is 8.69. The number of ketones is 1. The molecule has 32 heavy (non-hydrogen) atoms. The molecule has 0 aliphatic heterocycles. The number of oxime groups is 1. The van der Waals surface area contributed by atoms with Crippen LogP contribution in [0, 0.1) is 52.3 Å². The minimum absolute atomic E-state index is 0.00502. The van der Waals surface area contributed by atoms with Crippen molar-refractivity contribution < 1.29 is 10.0 Å². The number of carbonyl (C=O) groups excluding carboxylic acids is 1. The lowest BCUT2D eigenvalue weighted by molar-refractivity contribution is -0.116. The van der Waals surface area contributed by atoms with Crippen LogP contribution < -0.4 is 0 Å². The summed E-state index contributed by atoms with van der Waals surface area (Å²) < 4.78 is 0. The standard InChI is InChI=1S/C29H45NO2/c1-7-20(18(2)3)9-8-19(4)23-10-11-24-22-17-27(30-32)26-16-21(31)12-14-29(26,6)25(22)13-15-28(23,24)5/h8-9,16,18-20,22-25,32H,7,10-15,17H2,1-6H3/b9-8?,30-27-/t19-,20-,22+,23-,24+,25+,28-,29-/m1/s1.